The molecule has 0 saturated heterocycles. The Bertz CT molecular complexity index is 984. The van der Waals surface area contributed by atoms with Gasteiger partial charge in [0, 0.05) is 11.4 Å². The molecule has 3 aromatic rings. The van der Waals surface area contributed by atoms with Crippen LogP contribution in [0.4, 0.5) is 10.8 Å². The Kier molecular flexibility index (Phi) is 4.27. The summed E-state index contributed by atoms with van der Waals surface area (Å²) in [6, 6.07) is 8.60. The second-order valence-corrected chi connectivity index (χ2v) is 7.09. The minimum Gasteiger partial charge on any atom is -0.485 e. The fraction of sp³-hybridized carbons (Fsp3) is 0.125. The normalized spacial score (nSPS) is 15.5. The van der Waals surface area contributed by atoms with Gasteiger partial charge in [-0.3, -0.25) is 20.2 Å². The standard InChI is InChI=1S/C16H11N3O5S2/c20-15(13-6-23-11-3-1-2-4-12(11)24-13)18-16-17-10(8-26-16)14-5-9(7-25-14)19(21)22/h1-5,7-8,13H,6H2,(H,17,18,20)/t13-/m0/s1. The van der Waals surface area contributed by atoms with Gasteiger partial charge in [0.1, 0.15) is 6.61 Å². The highest BCUT2D eigenvalue weighted by molar-refractivity contribution is 7.16. The van der Waals surface area contributed by atoms with Crippen LogP contribution in [0.3, 0.4) is 0 Å². The Labute approximate surface area is 155 Å². The van der Waals surface area contributed by atoms with E-state index in [0.29, 0.717) is 27.2 Å². The number of nitrogens with one attached hydrogen (secondary N) is 1. The number of hydrogen-bond acceptors (Lipinski definition) is 8. The van der Waals surface area contributed by atoms with Crippen molar-refractivity contribution >= 4 is 39.4 Å². The first-order chi connectivity index (χ1) is 12.6. The quantitative estimate of drug-likeness (QED) is 0.540. The van der Waals surface area contributed by atoms with Crippen molar-refractivity contribution in [3.05, 3.63) is 51.2 Å². The number of carbonyl (C=O) groups excluding carboxylic acids is 1. The van der Waals surface area contributed by atoms with E-state index < -0.39 is 11.0 Å². The van der Waals surface area contributed by atoms with E-state index in [1.807, 2.05) is 6.07 Å². The number of thiazole rings is 1. The third-order valence-electron chi connectivity index (χ3n) is 3.58. The summed E-state index contributed by atoms with van der Waals surface area (Å²) in [6.45, 7) is 0.109. The molecule has 0 aliphatic carbocycles. The number of thiophene rings is 1. The zero-order valence-electron chi connectivity index (χ0n) is 13.1. The van der Waals surface area contributed by atoms with Crippen LogP contribution < -0.4 is 14.8 Å². The number of carbonyl (C=O) groups is 1. The third kappa shape index (κ3) is 3.24. The summed E-state index contributed by atoms with van der Waals surface area (Å²) >= 11 is 2.47. The molecule has 0 unspecified atom stereocenters. The van der Waals surface area contributed by atoms with E-state index in [4.69, 9.17) is 9.47 Å². The van der Waals surface area contributed by atoms with Crippen LogP contribution in [0.15, 0.2) is 41.1 Å². The monoisotopic (exact) mass is 389 g/mol. The van der Waals surface area contributed by atoms with E-state index in [0.717, 1.165) is 0 Å². The van der Waals surface area contributed by atoms with E-state index in [1.165, 1.54) is 34.1 Å². The Morgan fingerprint density at radius 2 is 2.08 bits per heavy atom. The maximum Gasteiger partial charge on any atom is 0.280 e. The number of rotatable bonds is 4. The molecule has 8 nitrogen and oxygen atoms in total. The molecule has 132 valence electrons. The summed E-state index contributed by atoms with van der Waals surface area (Å²) in [5.74, 6) is 0.759. The summed E-state index contributed by atoms with van der Waals surface area (Å²) in [5.41, 5.74) is 0.601. The number of para-hydroxylation sites is 2. The molecule has 1 aliphatic heterocycles. The van der Waals surface area contributed by atoms with Crippen LogP contribution in [-0.4, -0.2) is 28.5 Å². The molecule has 10 heteroatoms. The molecular formula is C16H11N3O5S2. The molecule has 1 amide bonds. The van der Waals surface area contributed by atoms with Crippen molar-refractivity contribution in [3.8, 4) is 22.1 Å². The zero-order chi connectivity index (χ0) is 18.1. The number of aromatic nitrogens is 1. The van der Waals surface area contributed by atoms with Crippen LogP contribution in [-0.2, 0) is 4.79 Å². The number of benzene rings is 1. The van der Waals surface area contributed by atoms with Gasteiger partial charge in [0.25, 0.3) is 11.6 Å². The lowest BCUT2D eigenvalue weighted by Gasteiger charge is -2.25. The van der Waals surface area contributed by atoms with Gasteiger partial charge in [-0.1, -0.05) is 12.1 Å². The van der Waals surface area contributed by atoms with Crippen molar-refractivity contribution in [2.75, 3.05) is 11.9 Å². The van der Waals surface area contributed by atoms with Crippen molar-refractivity contribution in [3.63, 3.8) is 0 Å². The fourth-order valence-corrected chi connectivity index (χ4v) is 3.94. The van der Waals surface area contributed by atoms with Crippen LogP contribution in [0.25, 0.3) is 10.6 Å². The Hall–Kier alpha value is -2.98. The second kappa shape index (κ2) is 6.73. The van der Waals surface area contributed by atoms with Crippen molar-refractivity contribution < 1.29 is 19.2 Å². The fourth-order valence-electron chi connectivity index (χ4n) is 2.34. The molecule has 2 aromatic heterocycles. The summed E-state index contributed by atoms with van der Waals surface area (Å²) in [7, 11) is 0. The third-order valence-corrected chi connectivity index (χ3v) is 5.28. The van der Waals surface area contributed by atoms with Gasteiger partial charge in [0.05, 0.1) is 20.9 Å². The van der Waals surface area contributed by atoms with Crippen LogP contribution in [0.5, 0.6) is 11.5 Å². The van der Waals surface area contributed by atoms with Crippen molar-refractivity contribution in [1.29, 1.82) is 0 Å². The number of fused-ring (bicyclic) bond motifs is 1. The van der Waals surface area contributed by atoms with Gasteiger partial charge in [0.15, 0.2) is 16.6 Å². The summed E-state index contributed by atoms with van der Waals surface area (Å²) < 4.78 is 11.2. The summed E-state index contributed by atoms with van der Waals surface area (Å²) in [5, 5.41) is 17.0. The van der Waals surface area contributed by atoms with E-state index in [-0.39, 0.29) is 18.2 Å². The number of amides is 1. The van der Waals surface area contributed by atoms with Crippen molar-refractivity contribution in [2.24, 2.45) is 0 Å². The minimum atomic E-state index is -0.778. The average Bonchev–Trinajstić information content (AvgIpc) is 3.30. The topological polar surface area (TPSA) is 104 Å². The lowest BCUT2D eigenvalue weighted by molar-refractivity contribution is -0.384. The van der Waals surface area contributed by atoms with E-state index >= 15 is 0 Å². The average molecular weight is 389 g/mol. The molecule has 0 spiro atoms. The SMILES string of the molecule is O=C(Nc1nc(-c2cc([N+](=O)[O-])cs2)cs1)[C@@H]1COc2ccccc2O1. The molecule has 0 bridgehead atoms. The smallest absolute Gasteiger partial charge is 0.280 e. The highest BCUT2D eigenvalue weighted by Gasteiger charge is 2.28. The van der Waals surface area contributed by atoms with Gasteiger partial charge in [-0.15, -0.1) is 22.7 Å². The number of nitrogens with zero attached hydrogens (tertiary/aromatic N) is 2. The first kappa shape index (κ1) is 16.5. The van der Waals surface area contributed by atoms with E-state index in [1.54, 1.807) is 23.6 Å². The van der Waals surface area contributed by atoms with Gasteiger partial charge in [0.2, 0.25) is 6.10 Å². The molecule has 0 saturated carbocycles. The number of anilines is 1. The number of nitro groups is 1. The molecule has 4 rings (SSSR count). The molecule has 0 fully saturated rings. The lowest BCUT2D eigenvalue weighted by atomic mass is 10.2. The second-order valence-electron chi connectivity index (χ2n) is 5.32. The van der Waals surface area contributed by atoms with Gasteiger partial charge < -0.3 is 9.47 Å². The predicted octanol–water partition coefficient (Wildman–Crippen LogP) is 3.56. The zero-order valence-corrected chi connectivity index (χ0v) is 14.7. The molecular weight excluding hydrogens is 378 g/mol. The van der Waals surface area contributed by atoms with Crippen LogP contribution in [0.2, 0.25) is 0 Å². The highest BCUT2D eigenvalue weighted by Crippen LogP contribution is 2.34. The minimum absolute atomic E-state index is 0.0232. The van der Waals surface area contributed by atoms with E-state index in [9.17, 15) is 14.9 Å². The molecule has 1 aliphatic rings. The maximum atomic E-state index is 12.4. The van der Waals surface area contributed by atoms with Gasteiger partial charge in [-0.2, -0.15) is 0 Å². The molecule has 1 aromatic carbocycles. The molecule has 1 atom stereocenters. The molecule has 1 N–H and O–H groups in total. The Morgan fingerprint density at radius 3 is 2.85 bits per heavy atom. The van der Waals surface area contributed by atoms with Crippen LogP contribution in [0.1, 0.15) is 0 Å². The molecule has 0 radical (unpaired) electrons. The Balaban J connectivity index is 1.44. The maximum absolute atomic E-state index is 12.4. The molecule has 3 heterocycles. The highest BCUT2D eigenvalue weighted by atomic mass is 32.1. The largest absolute Gasteiger partial charge is 0.485 e. The van der Waals surface area contributed by atoms with Crippen LogP contribution >= 0.6 is 22.7 Å². The Morgan fingerprint density at radius 1 is 1.27 bits per heavy atom. The number of hydrogen-bond donors (Lipinski definition) is 1. The lowest BCUT2D eigenvalue weighted by Crippen LogP contribution is -2.40. The first-order valence-corrected chi connectivity index (χ1v) is 9.24. The van der Waals surface area contributed by atoms with Gasteiger partial charge >= 0.3 is 0 Å². The van der Waals surface area contributed by atoms with Crippen molar-refractivity contribution in [2.45, 2.75) is 6.10 Å². The number of ether oxygens (including phenoxy) is 2. The molecule has 26 heavy (non-hydrogen) atoms. The van der Waals surface area contributed by atoms with Gasteiger partial charge in [-0.05, 0) is 12.1 Å². The summed E-state index contributed by atoms with van der Waals surface area (Å²) in [6.07, 6.45) is -0.778. The van der Waals surface area contributed by atoms with Gasteiger partial charge in [-0.25, -0.2) is 4.98 Å². The van der Waals surface area contributed by atoms with Crippen LogP contribution in [0, 0.1) is 10.1 Å². The van der Waals surface area contributed by atoms with Crippen molar-refractivity contribution in [1.82, 2.24) is 4.98 Å². The van der Waals surface area contributed by atoms with E-state index in [2.05, 4.69) is 10.3 Å². The first-order valence-electron chi connectivity index (χ1n) is 7.48. The predicted molar refractivity (Wildman–Crippen MR) is 97.1 cm³/mol. The summed E-state index contributed by atoms with van der Waals surface area (Å²) in [4.78, 5) is 27.7.